The number of thioether (sulfide) groups is 1. The van der Waals surface area contributed by atoms with E-state index in [1.165, 1.54) is 17.1 Å². The molecule has 9 heteroatoms. The maximum atomic E-state index is 13.1. The molecule has 2 heterocycles. The van der Waals surface area contributed by atoms with E-state index in [0.29, 0.717) is 42.5 Å². The molecule has 0 N–H and O–H groups in total. The lowest BCUT2D eigenvalue weighted by atomic mass is 10.2. The van der Waals surface area contributed by atoms with Gasteiger partial charge in [0.05, 0.1) is 18.1 Å². The van der Waals surface area contributed by atoms with E-state index in [2.05, 4.69) is 28.6 Å². The van der Waals surface area contributed by atoms with E-state index in [0.717, 1.165) is 29.4 Å². The van der Waals surface area contributed by atoms with Crippen LogP contribution in [0.3, 0.4) is 0 Å². The predicted octanol–water partition coefficient (Wildman–Crippen LogP) is 3.58. The second-order valence-electron chi connectivity index (χ2n) is 7.83. The summed E-state index contributed by atoms with van der Waals surface area (Å²) in [4.78, 5) is 0.302. The van der Waals surface area contributed by atoms with Crippen molar-refractivity contribution in [3.8, 4) is 11.4 Å². The van der Waals surface area contributed by atoms with Crippen LogP contribution in [0.15, 0.2) is 34.3 Å². The maximum absolute atomic E-state index is 13.1. The third-order valence-corrected chi connectivity index (χ3v) is 8.25. The fourth-order valence-corrected chi connectivity index (χ4v) is 6.30. The maximum Gasteiger partial charge on any atom is 0.243 e. The molecular formula is C20H28N4O3S2. The summed E-state index contributed by atoms with van der Waals surface area (Å²) in [5.74, 6) is 0.763. The highest BCUT2D eigenvalue weighted by Gasteiger charge is 2.29. The van der Waals surface area contributed by atoms with Crippen molar-refractivity contribution in [3.05, 3.63) is 24.3 Å². The molecule has 29 heavy (non-hydrogen) atoms. The van der Waals surface area contributed by atoms with Gasteiger partial charge in [-0.15, -0.1) is 10.2 Å². The summed E-state index contributed by atoms with van der Waals surface area (Å²) in [7, 11) is -3.55. The van der Waals surface area contributed by atoms with Gasteiger partial charge in [-0.1, -0.05) is 50.6 Å². The minimum absolute atomic E-state index is 0.302. The lowest BCUT2D eigenvalue weighted by Crippen LogP contribution is -2.40. The highest BCUT2D eigenvalue weighted by atomic mass is 32.2. The number of sulfonamides is 1. The summed E-state index contributed by atoms with van der Waals surface area (Å²) in [5, 5.41) is 10.3. The lowest BCUT2D eigenvalue weighted by molar-refractivity contribution is 0.0730. The molecule has 4 rings (SSSR count). The van der Waals surface area contributed by atoms with Crippen LogP contribution in [0.4, 0.5) is 0 Å². The summed E-state index contributed by atoms with van der Waals surface area (Å²) >= 11 is 1.71. The van der Waals surface area contributed by atoms with E-state index in [4.69, 9.17) is 4.74 Å². The molecule has 158 valence electrons. The molecule has 2 aliphatic rings. The van der Waals surface area contributed by atoms with E-state index in [-0.39, 0.29) is 0 Å². The standard InChI is InChI=1S/C20H28N4O3S2/c1-15(2)28-20-22-21-19(24(20)17-7-3-4-8-17)16-6-5-9-18(14-16)29(25,26)23-10-12-27-13-11-23/h5-6,9,14-15,17H,3-4,7-8,10-13H2,1-2H3. The molecule has 0 bridgehead atoms. The summed E-state index contributed by atoms with van der Waals surface area (Å²) < 4.78 is 35.2. The zero-order chi connectivity index (χ0) is 20.4. The predicted molar refractivity (Wildman–Crippen MR) is 114 cm³/mol. The van der Waals surface area contributed by atoms with Gasteiger partial charge in [-0.25, -0.2) is 8.42 Å². The molecule has 1 aromatic heterocycles. The van der Waals surface area contributed by atoms with Crippen LogP contribution >= 0.6 is 11.8 Å². The molecule has 1 saturated heterocycles. The van der Waals surface area contributed by atoms with E-state index >= 15 is 0 Å². The van der Waals surface area contributed by atoms with Gasteiger partial charge in [-0.05, 0) is 25.0 Å². The Labute approximate surface area is 176 Å². The van der Waals surface area contributed by atoms with Gasteiger partial charge in [-0.3, -0.25) is 4.57 Å². The van der Waals surface area contributed by atoms with E-state index in [1.54, 1.807) is 30.0 Å². The minimum atomic E-state index is -3.55. The number of morpholine rings is 1. The fraction of sp³-hybridized carbons (Fsp3) is 0.600. The van der Waals surface area contributed by atoms with Crippen LogP contribution in [0.25, 0.3) is 11.4 Å². The summed E-state index contributed by atoms with van der Waals surface area (Å²) in [5.41, 5.74) is 0.800. The highest BCUT2D eigenvalue weighted by Crippen LogP contribution is 2.37. The zero-order valence-electron chi connectivity index (χ0n) is 17.0. The van der Waals surface area contributed by atoms with Crippen molar-refractivity contribution >= 4 is 21.8 Å². The largest absolute Gasteiger partial charge is 0.379 e. The average molecular weight is 437 g/mol. The molecule has 1 saturated carbocycles. The topological polar surface area (TPSA) is 77.3 Å². The third-order valence-electron chi connectivity index (χ3n) is 5.40. The minimum Gasteiger partial charge on any atom is -0.379 e. The van der Waals surface area contributed by atoms with E-state index in [9.17, 15) is 8.42 Å². The number of nitrogens with zero attached hydrogens (tertiary/aromatic N) is 4. The average Bonchev–Trinajstić information content (AvgIpc) is 3.38. The Bertz CT molecular complexity index is 946. The Morgan fingerprint density at radius 2 is 1.86 bits per heavy atom. The quantitative estimate of drug-likeness (QED) is 0.644. The van der Waals surface area contributed by atoms with Gasteiger partial charge in [0.15, 0.2) is 11.0 Å². The molecule has 7 nitrogen and oxygen atoms in total. The first-order valence-corrected chi connectivity index (χ1v) is 12.6. The molecule has 1 aliphatic heterocycles. The Hall–Kier alpha value is -1.42. The molecular weight excluding hydrogens is 408 g/mol. The summed E-state index contributed by atoms with van der Waals surface area (Å²) in [6, 6.07) is 7.50. The van der Waals surface area contributed by atoms with Gasteiger partial charge in [-0.2, -0.15) is 4.31 Å². The summed E-state index contributed by atoms with van der Waals surface area (Å²) in [6.45, 7) is 5.94. The van der Waals surface area contributed by atoms with Crippen LogP contribution in [0.2, 0.25) is 0 Å². The highest BCUT2D eigenvalue weighted by molar-refractivity contribution is 7.99. The molecule has 0 spiro atoms. The number of benzene rings is 1. The monoisotopic (exact) mass is 436 g/mol. The number of aromatic nitrogens is 3. The third kappa shape index (κ3) is 4.38. The molecule has 0 atom stereocenters. The molecule has 1 aromatic carbocycles. The second-order valence-corrected chi connectivity index (χ2v) is 11.3. The van der Waals surface area contributed by atoms with Gasteiger partial charge in [0.2, 0.25) is 10.0 Å². The Morgan fingerprint density at radius 1 is 1.14 bits per heavy atom. The lowest BCUT2D eigenvalue weighted by Gasteiger charge is -2.26. The molecule has 2 aromatic rings. The second kappa shape index (κ2) is 8.75. The number of hydrogen-bond acceptors (Lipinski definition) is 6. The first-order chi connectivity index (χ1) is 14.0. The van der Waals surface area contributed by atoms with Crippen molar-refractivity contribution in [2.75, 3.05) is 26.3 Å². The van der Waals surface area contributed by atoms with Gasteiger partial charge < -0.3 is 4.74 Å². The Balaban J connectivity index is 1.72. The first kappa shape index (κ1) is 20.8. The van der Waals surface area contributed by atoms with E-state index < -0.39 is 10.0 Å². The van der Waals surface area contributed by atoms with Crippen molar-refractivity contribution in [3.63, 3.8) is 0 Å². The van der Waals surface area contributed by atoms with Gasteiger partial charge in [0.25, 0.3) is 0 Å². The summed E-state index contributed by atoms with van der Waals surface area (Å²) in [6.07, 6.45) is 4.64. The number of hydrogen-bond donors (Lipinski definition) is 0. The molecule has 0 radical (unpaired) electrons. The Morgan fingerprint density at radius 3 is 2.55 bits per heavy atom. The zero-order valence-corrected chi connectivity index (χ0v) is 18.6. The van der Waals surface area contributed by atoms with Crippen LogP contribution in [0.5, 0.6) is 0 Å². The van der Waals surface area contributed by atoms with E-state index in [1.807, 2.05) is 6.07 Å². The number of ether oxygens (including phenoxy) is 1. The molecule has 1 aliphatic carbocycles. The van der Waals surface area contributed by atoms with Crippen LogP contribution in [0, 0.1) is 0 Å². The van der Waals surface area contributed by atoms with Gasteiger partial charge in [0.1, 0.15) is 0 Å². The van der Waals surface area contributed by atoms with Crippen LogP contribution < -0.4 is 0 Å². The fourth-order valence-electron chi connectivity index (χ4n) is 3.99. The van der Waals surface area contributed by atoms with Crippen LogP contribution in [0.1, 0.15) is 45.6 Å². The van der Waals surface area contributed by atoms with Crippen LogP contribution in [-0.2, 0) is 14.8 Å². The smallest absolute Gasteiger partial charge is 0.243 e. The van der Waals surface area contributed by atoms with Crippen LogP contribution in [-0.4, -0.2) is 59.0 Å². The van der Waals surface area contributed by atoms with Crippen molar-refractivity contribution in [2.45, 2.75) is 60.9 Å². The SMILES string of the molecule is CC(C)Sc1nnc(-c2cccc(S(=O)(=O)N3CCOCC3)c2)n1C1CCCC1. The van der Waals surface area contributed by atoms with Gasteiger partial charge >= 0.3 is 0 Å². The van der Waals surface area contributed by atoms with Crippen molar-refractivity contribution < 1.29 is 13.2 Å². The Kier molecular flexibility index (Phi) is 6.29. The molecule has 2 fully saturated rings. The first-order valence-electron chi connectivity index (χ1n) is 10.3. The molecule has 0 unspecified atom stereocenters. The van der Waals surface area contributed by atoms with Crippen molar-refractivity contribution in [1.82, 2.24) is 19.1 Å². The number of rotatable bonds is 6. The normalized spacial score (nSPS) is 19.3. The van der Waals surface area contributed by atoms with Crippen molar-refractivity contribution in [1.29, 1.82) is 0 Å². The van der Waals surface area contributed by atoms with Gasteiger partial charge in [0, 0.05) is 29.9 Å². The van der Waals surface area contributed by atoms with Crippen molar-refractivity contribution in [2.24, 2.45) is 0 Å². The molecule has 0 amide bonds.